The second kappa shape index (κ2) is 42.1. The molecule has 20 nitrogen and oxygen atoms in total. The molecule has 3 aromatic rings. The first-order valence-electron chi connectivity index (χ1n) is 21.2. The Morgan fingerprint density at radius 1 is 0.743 bits per heavy atom. The van der Waals surface area contributed by atoms with Crippen LogP contribution in [0.1, 0.15) is 146 Å². The van der Waals surface area contributed by atoms with Crippen LogP contribution in [0.4, 0.5) is 0 Å². The molecule has 0 bridgehead atoms. The third kappa shape index (κ3) is 35.0. The molecule has 74 heavy (non-hydrogen) atoms. The minimum atomic E-state index is -3.22. The molecule has 3 aromatic heterocycles. The molecule has 0 aromatic carbocycles. The van der Waals surface area contributed by atoms with E-state index in [0.29, 0.717) is 60.5 Å². The number of carboxylic acid groups (broad SMARTS) is 1. The van der Waals surface area contributed by atoms with Gasteiger partial charge in [-0.2, -0.15) is 5.26 Å². The van der Waals surface area contributed by atoms with Crippen molar-refractivity contribution in [2.75, 3.05) is 7.11 Å². The summed E-state index contributed by atoms with van der Waals surface area (Å²) in [7, 11) is 1.24. The van der Waals surface area contributed by atoms with Crippen LogP contribution in [0, 0.1) is 47.3 Å². The molecule has 0 atom stereocenters. The van der Waals surface area contributed by atoms with Gasteiger partial charge in [-0.05, 0) is 128 Å². The fourth-order valence-corrected chi connectivity index (χ4v) is 6.49. The number of H-pyrrole nitrogens is 1. The number of aromatic amines is 1. The number of fused-ring (bicyclic) bond motifs is 3. The van der Waals surface area contributed by atoms with E-state index in [0.717, 1.165) is 93.1 Å². The van der Waals surface area contributed by atoms with Crippen LogP contribution in [-0.2, 0) is 72.0 Å². The number of rotatable bonds is 0. The van der Waals surface area contributed by atoms with Crippen molar-refractivity contribution in [3.63, 3.8) is 0 Å². The van der Waals surface area contributed by atoms with Crippen LogP contribution in [0.3, 0.4) is 0 Å². The summed E-state index contributed by atoms with van der Waals surface area (Å²) in [6.45, 7) is 10.6. The average Bonchev–Trinajstić information content (AvgIpc) is 3.33. The number of nitriles is 1. The monoisotopic (exact) mass is 1170 g/mol. The number of carboxylic acids is 1. The number of pyridine rings is 3. The zero-order valence-corrected chi connectivity index (χ0v) is 47.4. The molecule has 0 aliphatic heterocycles. The number of ketones is 6. The molecule has 0 spiro atoms. The van der Waals surface area contributed by atoms with Crippen molar-refractivity contribution in [2.24, 2.45) is 5.73 Å². The minimum absolute atomic E-state index is 0. The summed E-state index contributed by atoms with van der Waals surface area (Å²) in [5, 5.41) is 25.8. The fraction of sp³-hybridized carbons (Fsp3) is 0.375. The van der Waals surface area contributed by atoms with Gasteiger partial charge in [-0.1, -0.05) is 11.6 Å². The summed E-state index contributed by atoms with van der Waals surface area (Å²) in [5.74, 6) is 1.18. The number of carbonyl (C=O) groups excluding carboxylic acids is 7. The number of methoxy groups -OCH3 is 1. The number of ether oxygens (including phenoxy) is 1. The maximum atomic E-state index is 11.4. The number of Topliss-reactive ketones (excluding diaryl/α,β-unsaturated/α-hetero) is 5. The van der Waals surface area contributed by atoms with E-state index in [9.17, 15) is 42.9 Å². The Hall–Kier alpha value is -6.25. The van der Waals surface area contributed by atoms with E-state index >= 15 is 0 Å². The predicted octanol–water partition coefficient (Wildman–Crippen LogP) is 9.19. The summed E-state index contributed by atoms with van der Waals surface area (Å²) < 4.78 is 13.5. The summed E-state index contributed by atoms with van der Waals surface area (Å²) >= 11 is 19.6. The van der Waals surface area contributed by atoms with Crippen molar-refractivity contribution in [2.45, 2.75) is 110 Å². The molecule has 8 rings (SSSR count). The number of halogens is 4. The number of aromatic nitrogens is 3. The Morgan fingerprint density at radius 2 is 1.16 bits per heavy atom. The first-order chi connectivity index (χ1) is 34.0. The van der Waals surface area contributed by atoms with Gasteiger partial charge in [-0.15, -0.1) is 6.42 Å². The van der Waals surface area contributed by atoms with Crippen LogP contribution in [0.25, 0.3) is 0 Å². The van der Waals surface area contributed by atoms with Crippen molar-refractivity contribution in [1.82, 2.24) is 21.1 Å². The van der Waals surface area contributed by atoms with Crippen LogP contribution in [-0.4, -0.2) is 73.8 Å². The largest absolute Gasteiger partial charge is 2.00 e. The van der Waals surface area contributed by atoms with E-state index in [1.54, 1.807) is 36.3 Å². The van der Waals surface area contributed by atoms with Crippen LogP contribution < -0.4 is 17.4 Å². The third-order valence-electron chi connectivity index (χ3n) is 9.24. The van der Waals surface area contributed by atoms with Crippen LogP contribution in [0.2, 0.25) is 5.15 Å². The molecule has 26 heteroatoms. The normalized spacial score (nSPS) is 14.0. The number of esters is 1. The number of aryl methyl sites for hydroxylation is 3. The van der Waals surface area contributed by atoms with Gasteiger partial charge in [0.1, 0.15) is 28.5 Å². The van der Waals surface area contributed by atoms with E-state index < -0.39 is 17.1 Å². The molecule has 5 aliphatic rings. The maximum absolute atomic E-state index is 11.4. The third-order valence-corrected chi connectivity index (χ3v) is 9.45. The quantitative estimate of drug-likeness (QED) is 0.0238. The number of nitrogens with one attached hydrogen (secondary N) is 1. The first-order valence-corrected chi connectivity index (χ1v) is 26.0. The smallest absolute Gasteiger partial charge is 0.512 e. The van der Waals surface area contributed by atoms with Crippen molar-refractivity contribution < 1.29 is 73.7 Å². The second-order valence-electron chi connectivity index (χ2n) is 14.7. The molecule has 7 N–H and O–H groups in total. The average molecular weight is 1180 g/mol. The topological polar surface area (TPSA) is 374 Å². The van der Waals surface area contributed by atoms with Gasteiger partial charge in [0, 0.05) is 86.9 Å². The van der Waals surface area contributed by atoms with E-state index in [1.165, 1.54) is 19.3 Å². The van der Waals surface area contributed by atoms with Gasteiger partial charge >= 0.3 is 30.6 Å². The Morgan fingerprint density at radius 3 is 1.55 bits per heavy atom. The Labute approximate surface area is 462 Å². The van der Waals surface area contributed by atoms with Crippen molar-refractivity contribution in [3.05, 3.63) is 116 Å². The number of nitrogens with zero attached hydrogens (tertiary/aromatic N) is 5. The molecule has 394 valence electrons. The van der Waals surface area contributed by atoms with Crippen LogP contribution in [0.15, 0.2) is 53.0 Å². The zero-order chi connectivity index (χ0) is 55.4. The molecule has 0 amide bonds. The van der Waals surface area contributed by atoms with Gasteiger partial charge in [-0.25, -0.2) is 14.8 Å². The molecule has 0 unspecified atom stereocenters. The van der Waals surface area contributed by atoms with Crippen LogP contribution in [0.5, 0.6) is 0 Å². The number of hydrogen-bond acceptors (Lipinski definition) is 18. The molecular formula is C48H55Cl4N8O12PZn. The summed E-state index contributed by atoms with van der Waals surface area (Å²) in [6, 6.07) is 11.7. The fourth-order valence-electron chi connectivity index (χ4n) is 6.32. The van der Waals surface area contributed by atoms with Crippen LogP contribution >= 0.6 is 50.5 Å². The molecule has 3 heterocycles. The summed E-state index contributed by atoms with van der Waals surface area (Å²) in [6.07, 6.45) is 17.8. The van der Waals surface area contributed by atoms with E-state index in [-0.39, 0.29) is 73.7 Å². The molecule has 0 saturated heterocycles. The Balaban J connectivity index is -0.000000251. The Kier molecular flexibility index (Phi) is 42.3. The standard InChI is InChI=1S/C10H8N2O.C9H8ClNO.C9H9NO2.C6H9NO.C6H8O2.C4H4O2.C2H4O2.2CN.Cl3OP.H3N.Zn.H2/c11-6-7-4-5-8-9(12-7)2-1-3-10(8)13;10-9-5-4-6-7(11-9)2-1-3-8(6)12;11-8-3-1-2-7-6(8)4-5-9(12)10-7;2*7-5-2-1-3-6(8)4-5;1-3-4(5)6-2;1-2(3)4;2*1-2;1-5(2,3)4;;;/h4-5H,1-3H2;4-5H,1-3H2;4-5H,1-3H2,(H,10,12);4H,1-3,7H2;1-4H2;1H,2H3;1H3,(H,3,4);;;;1H3;;1H/q;;;;;;;2*-1;;;+2;/i;;;;;;;;;;;;1+1. The van der Waals surface area contributed by atoms with Crippen molar-refractivity contribution in [3.8, 4) is 18.4 Å². The summed E-state index contributed by atoms with van der Waals surface area (Å²) in [5.41, 5.74) is 11.0. The molecular weight excluding hydrogens is 1120 g/mol. The van der Waals surface area contributed by atoms with Gasteiger partial charge in [0.05, 0.1) is 24.9 Å². The number of terminal acetylenes is 1. The summed E-state index contributed by atoms with van der Waals surface area (Å²) in [4.78, 5) is 106. The number of nitrogens with two attached hydrogens (primary N) is 1. The van der Waals surface area contributed by atoms with E-state index in [4.69, 9.17) is 56.2 Å². The zero-order valence-electron chi connectivity index (χ0n) is 40.6. The number of carbonyl (C=O) groups is 8. The van der Waals surface area contributed by atoms with Gasteiger partial charge in [-0.3, -0.25) is 42.9 Å². The van der Waals surface area contributed by atoms with E-state index in [1.807, 2.05) is 6.07 Å². The molecule has 1 saturated carbocycles. The van der Waals surface area contributed by atoms with Gasteiger partial charge in [0.15, 0.2) is 23.1 Å². The maximum Gasteiger partial charge on any atom is 2.00 e. The minimum Gasteiger partial charge on any atom is -0.512 e. The van der Waals surface area contributed by atoms with Gasteiger partial charge in [0.2, 0.25) is 5.56 Å². The predicted molar refractivity (Wildman–Crippen MR) is 273 cm³/mol. The second-order valence-corrected chi connectivity index (χ2v) is 21.7. The van der Waals surface area contributed by atoms with Crippen molar-refractivity contribution >= 4 is 97.2 Å². The molecule has 5 aliphatic carbocycles. The number of hydrogen-bond donors (Lipinski definition) is 4. The molecule has 1 fully saturated rings. The van der Waals surface area contributed by atoms with Gasteiger partial charge < -0.3 is 50.4 Å². The number of aliphatic carboxylic acids is 1. The Bertz CT molecular complexity index is 2640. The first kappa shape index (κ1) is 74.3. The SMILES string of the molecule is C#CC(=O)OC.CC(=O)O.N.N#Cc1ccc2c(n1)CCCC2=O.NC1=CC(=O)CCC1.O=C1CCCC(=O)C1.O=C1CCCc2[nH]c(=O)ccc21.O=C1CCCc2nc(Cl)ccc21.O=P(Cl)(Cl)Cl.[2HH].[C-]#N.[C-]#N.[Zn+2]. The van der Waals surface area contributed by atoms with Gasteiger partial charge in [0.25, 0.3) is 5.97 Å². The van der Waals surface area contributed by atoms with E-state index in [2.05, 4.69) is 59.8 Å². The van der Waals surface area contributed by atoms with Crippen molar-refractivity contribution in [1.29, 1.82) is 15.8 Å². The number of allylic oxidation sites excluding steroid dienone is 2. The molecule has 0 radical (unpaired) electrons.